The average molecular weight is 480 g/mol. The highest BCUT2D eigenvalue weighted by atomic mass is 79.9. The largest absolute Gasteiger partial charge is 0.371 e. The van der Waals surface area contributed by atoms with Gasteiger partial charge in [-0.25, -0.2) is 0 Å². The van der Waals surface area contributed by atoms with Crippen LogP contribution in [0, 0.1) is 0 Å². The van der Waals surface area contributed by atoms with Gasteiger partial charge in [0.25, 0.3) is 11.1 Å². The van der Waals surface area contributed by atoms with Crippen molar-refractivity contribution in [1.29, 1.82) is 0 Å². The van der Waals surface area contributed by atoms with Crippen molar-refractivity contribution >= 4 is 62.2 Å². The van der Waals surface area contributed by atoms with Crippen LogP contribution >= 0.6 is 39.3 Å². The van der Waals surface area contributed by atoms with E-state index in [9.17, 15) is 9.59 Å². The van der Waals surface area contributed by atoms with E-state index in [1.165, 1.54) is 4.90 Å². The first kappa shape index (κ1) is 21.0. The smallest absolute Gasteiger partial charge is 0.293 e. The third kappa shape index (κ3) is 4.62. The van der Waals surface area contributed by atoms with Crippen LogP contribution in [0.15, 0.2) is 51.8 Å². The lowest BCUT2D eigenvalue weighted by Crippen LogP contribution is -2.27. The predicted octanol–water partition coefficient (Wildman–Crippen LogP) is 6.19. The lowest BCUT2D eigenvalue weighted by molar-refractivity contribution is -0.123. The summed E-state index contributed by atoms with van der Waals surface area (Å²) in [5.41, 5.74) is 2.84. The monoisotopic (exact) mass is 478 g/mol. The van der Waals surface area contributed by atoms with Crippen LogP contribution in [0.1, 0.15) is 25.0 Å². The van der Waals surface area contributed by atoms with E-state index in [2.05, 4.69) is 34.7 Å². The first-order valence-corrected chi connectivity index (χ1v) is 11.0. The van der Waals surface area contributed by atoms with E-state index in [1.807, 2.05) is 30.3 Å². The van der Waals surface area contributed by atoms with Gasteiger partial charge in [-0.15, -0.1) is 0 Å². The van der Waals surface area contributed by atoms with Gasteiger partial charge in [0.1, 0.15) is 0 Å². The van der Waals surface area contributed by atoms with Crippen LogP contribution in [0.3, 0.4) is 0 Å². The number of imide groups is 1. The van der Waals surface area contributed by atoms with E-state index in [0.29, 0.717) is 9.93 Å². The zero-order valence-electron chi connectivity index (χ0n) is 15.6. The Bertz CT molecular complexity index is 927. The molecule has 0 bridgehead atoms. The number of nitrogens with zero attached hydrogens (tertiary/aromatic N) is 2. The average Bonchev–Trinajstić information content (AvgIpc) is 2.93. The summed E-state index contributed by atoms with van der Waals surface area (Å²) in [5.74, 6) is -0.270. The fraction of sp³-hybridized carbons (Fsp3) is 0.238. The summed E-state index contributed by atoms with van der Waals surface area (Å²) in [4.78, 5) is 29.0. The Kier molecular flexibility index (Phi) is 6.86. The van der Waals surface area contributed by atoms with Crippen LogP contribution in [0.5, 0.6) is 0 Å². The van der Waals surface area contributed by atoms with E-state index in [1.54, 1.807) is 18.2 Å². The highest BCUT2D eigenvalue weighted by molar-refractivity contribution is 9.10. The van der Waals surface area contributed by atoms with E-state index >= 15 is 0 Å². The Balaban J connectivity index is 1.79. The molecule has 4 nitrogen and oxygen atoms in total. The molecule has 0 unspecified atom stereocenters. The van der Waals surface area contributed by atoms with E-state index < -0.39 is 0 Å². The molecule has 0 spiro atoms. The quantitative estimate of drug-likeness (QED) is 0.464. The number of amides is 2. The standard InChI is InChI=1S/C21H20BrClN2O2S/c1-3-24(4-2)18-10-7-15(11-17(18)22)12-19-20(26)25(21(27)28-19)13-14-5-8-16(23)9-6-14/h5-12H,3-4,13H2,1-2H3/b19-12+. The number of carbonyl (C=O) groups is 2. The highest BCUT2D eigenvalue weighted by Gasteiger charge is 2.35. The van der Waals surface area contributed by atoms with Crippen molar-refractivity contribution in [2.75, 3.05) is 18.0 Å². The molecule has 28 heavy (non-hydrogen) atoms. The number of carbonyl (C=O) groups excluding carboxylic acids is 2. The van der Waals surface area contributed by atoms with Crippen LogP contribution in [-0.4, -0.2) is 29.1 Å². The molecule has 1 fully saturated rings. The summed E-state index contributed by atoms with van der Waals surface area (Å²) in [7, 11) is 0. The summed E-state index contributed by atoms with van der Waals surface area (Å²) in [6.45, 7) is 6.29. The van der Waals surface area contributed by atoms with Gasteiger partial charge in [-0.3, -0.25) is 14.5 Å². The SMILES string of the molecule is CCN(CC)c1ccc(/C=C2/SC(=O)N(Cc3ccc(Cl)cc3)C2=O)cc1Br. The maximum atomic E-state index is 12.7. The molecule has 2 aromatic carbocycles. The number of halogens is 2. The topological polar surface area (TPSA) is 40.6 Å². The van der Waals surface area contributed by atoms with Crippen LogP contribution in [0.25, 0.3) is 6.08 Å². The first-order valence-electron chi connectivity index (χ1n) is 8.97. The third-order valence-corrected chi connectivity index (χ3v) is 6.30. The van der Waals surface area contributed by atoms with Crippen molar-refractivity contribution in [1.82, 2.24) is 4.90 Å². The lowest BCUT2D eigenvalue weighted by Gasteiger charge is -2.22. The number of benzene rings is 2. The molecule has 0 saturated carbocycles. The molecular weight excluding hydrogens is 460 g/mol. The van der Waals surface area contributed by atoms with E-state index in [0.717, 1.165) is 46.1 Å². The number of rotatable bonds is 6. The molecule has 0 atom stereocenters. The minimum absolute atomic E-state index is 0.240. The molecule has 1 aliphatic heterocycles. The van der Waals surface area contributed by atoms with Crippen molar-refractivity contribution in [2.24, 2.45) is 0 Å². The molecule has 0 aromatic heterocycles. The molecule has 1 aliphatic rings. The fourth-order valence-corrected chi connectivity index (χ4v) is 4.61. The zero-order chi connectivity index (χ0) is 20.3. The van der Waals surface area contributed by atoms with Crippen LogP contribution < -0.4 is 4.90 Å². The Morgan fingerprint density at radius 3 is 2.39 bits per heavy atom. The van der Waals surface area contributed by atoms with Crippen molar-refractivity contribution < 1.29 is 9.59 Å². The minimum atomic E-state index is -0.270. The van der Waals surface area contributed by atoms with Crippen molar-refractivity contribution in [2.45, 2.75) is 20.4 Å². The highest BCUT2D eigenvalue weighted by Crippen LogP contribution is 2.35. The van der Waals surface area contributed by atoms with Gasteiger partial charge >= 0.3 is 0 Å². The number of hydrogen-bond acceptors (Lipinski definition) is 4. The third-order valence-electron chi connectivity index (χ3n) is 4.50. The van der Waals surface area contributed by atoms with Crippen molar-refractivity contribution in [3.8, 4) is 0 Å². The lowest BCUT2D eigenvalue weighted by atomic mass is 10.1. The van der Waals surface area contributed by atoms with Gasteiger partial charge in [-0.05, 0) is 83.0 Å². The van der Waals surface area contributed by atoms with Crippen LogP contribution in [0.4, 0.5) is 10.5 Å². The normalized spacial score (nSPS) is 15.6. The molecular formula is C21H20BrClN2O2S. The minimum Gasteiger partial charge on any atom is -0.371 e. The number of thioether (sulfide) groups is 1. The van der Waals surface area contributed by atoms with Gasteiger partial charge < -0.3 is 4.90 Å². The van der Waals surface area contributed by atoms with Crippen LogP contribution in [-0.2, 0) is 11.3 Å². The Labute approximate surface area is 182 Å². The fourth-order valence-electron chi connectivity index (χ4n) is 2.99. The first-order chi connectivity index (χ1) is 13.4. The molecule has 3 rings (SSSR count). The van der Waals surface area contributed by atoms with Crippen molar-refractivity contribution in [3.63, 3.8) is 0 Å². The van der Waals surface area contributed by atoms with Crippen LogP contribution in [0.2, 0.25) is 5.02 Å². The summed E-state index contributed by atoms with van der Waals surface area (Å²) in [6, 6.07) is 13.1. The molecule has 1 saturated heterocycles. The molecule has 0 aliphatic carbocycles. The Hall–Kier alpha value is -1.76. The van der Waals surface area contributed by atoms with Crippen molar-refractivity contribution in [3.05, 3.63) is 68.0 Å². The van der Waals surface area contributed by atoms with E-state index in [4.69, 9.17) is 11.6 Å². The maximum absolute atomic E-state index is 12.7. The number of anilines is 1. The van der Waals surface area contributed by atoms with Gasteiger partial charge in [0, 0.05) is 22.6 Å². The second-order valence-corrected chi connectivity index (χ2v) is 8.56. The summed E-state index contributed by atoms with van der Waals surface area (Å²) >= 11 is 10.5. The Morgan fingerprint density at radius 1 is 1.11 bits per heavy atom. The molecule has 2 aromatic rings. The summed E-state index contributed by atoms with van der Waals surface area (Å²) in [5, 5.41) is 0.363. The van der Waals surface area contributed by atoms with Gasteiger partial charge in [0.15, 0.2) is 0 Å². The molecule has 146 valence electrons. The second-order valence-electron chi connectivity index (χ2n) is 6.28. The van der Waals surface area contributed by atoms with Gasteiger partial charge in [0.2, 0.25) is 0 Å². The molecule has 1 heterocycles. The Morgan fingerprint density at radius 2 is 1.79 bits per heavy atom. The zero-order valence-corrected chi connectivity index (χ0v) is 18.8. The van der Waals surface area contributed by atoms with Gasteiger partial charge in [0.05, 0.1) is 17.1 Å². The molecule has 2 amide bonds. The summed E-state index contributed by atoms with van der Waals surface area (Å²) < 4.78 is 0.963. The predicted molar refractivity (Wildman–Crippen MR) is 121 cm³/mol. The second kappa shape index (κ2) is 9.16. The number of hydrogen-bond donors (Lipinski definition) is 0. The molecule has 0 radical (unpaired) electrons. The van der Waals surface area contributed by atoms with Gasteiger partial charge in [-0.2, -0.15) is 0 Å². The maximum Gasteiger partial charge on any atom is 0.293 e. The van der Waals surface area contributed by atoms with Gasteiger partial charge in [-0.1, -0.05) is 29.8 Å². The van der Waals surface area contributed by atoms with E-state index in [-0.39, 0.29) is 17.7 Å². The molecule has 7 heteroatoms. The summed E-state index contributed by atoms with van der Waals surface area (Å²) in [6.07, 6.45) is 1.77. The molecule has 0 N–H and O–H groups in total.